The number of nitrogens with one attached hydrogen (secondary N) is 2. The number of methoxy groups -OCH3 is 1. The van der Waals surface area contributed by atoms with Crippen LogP contribution in [-0.4, -0.2) is 43.3 Å². The maximum Gasteiger partial charge on any atom is 0.262 e. The Morgan fingerprint density at radius 2 is 2.17 bits per heavy atom. The molecule has 1 aromatic heterocycles. The fraction of sp³-hybridized carbons (Fsp3) is 0.238. The molecule has 4 rings (SSSR count). The molecule has 2 N–H and O–H groups in total. The van der Waals surface area contributed by atoms with Gasteiger partial charge in [-0.25, -0.2) is 0 Å². The lowest BCUT2D eigenvalue weighted by molar-refractivity contribution is -0.119. The molecule has 2 aromatic carbocycles. The van der Waals surface area contributed by atoms with Crippen molar-refractivity contribution in [2.45, 2.75) is 6.54 Å². The third-order valence-electron chi connectivity index (χ3n) is 4.57. The summed E-state index contributed by atoms with van der Waals surface area (Å²) in [4.78, 5) is 23.6. The molecule has 1 aliphatic heterocycles. The highest BCUT2D eigenvalue weighted by atomic mass is 16.5. The SMILES string of the molecule is COCCn1ccc2c(OCC(=O)Nc3ccc4c(c3)OCC(=O)N4)cccc21. The van der Waals surface area contributed by atoms with E-state index in [0.717, 1.165) is 17.4 Å². The Balaban J connectivity index is 1.40. The first-order chi connectivity index (χ1) is 14.1. The van der Waals surface area contributed by atoms with Crippen molar-refractivity contribution in [3.05, 3.63) is 48.7 Å². The zero-order valence-electron chi connectivity index (χ0n) is 15.9. The molecule has 2 heterocycles. The molecule has 2 amide bonds. The Labute approximate surface area is 167 Å². The number of hydrogen-bond acceptors (Lipinski definition) is 5. The van der Waals surface area contributed by atoms with Gasteiger partial charge >= 0.3 is 0 Å². The van der Waals surface area contributed by atoms with Gasteiger partial charge in [0.1, 0.15) is 11.5 Å². The molecular weight excluding hydrogens is 374 g/mol. The van der Waals surface area contributed by atoms with Gasteiger partial charge in [-0.1, -0.05) is 6.07 Å². The maximum absolute atomic E-state index is 12.3. The Kier molecular flexibility index (Phi) is 5.35. The van der Waals surface area contributed by atoms with E-state index < -0.39 is 0 Å². The number of amides is 2. The molecule has 29 heavy (non-hydrogen) atoms. The molecule has 0 aliphatic carbocycles. The van der Waals surface area contributed by atoms with E-state index in [4.69, 9.17) is 14.2 Å². The third-order valence-corrected chi connectivity index (χ3v) is 4.57. The maximum atomic E-state index is 12.3. The summed E-state index contributed by atoms with van der Waals surface area (Å²) in [6.45, 7) is 1.19. The molecule has 0 bridgehead atoms. The minimum atomic E-state index is -0.291. The van der Waals surface area contributed by atoms with Crippen LogP contribution in [0.25, 0.3) is 10.9 Å². The van der Waals surface area contributed by atoms with Gasteiger partial charge in [0.05, 0.1) is 17.8 Å². The van der Waals surface area contributed by atoms with Crippen LogP contribution in [-0.2, 0) is 20.9 Å². The van der Waals surface area contributed by atoms with Crippen molar-refractivity contribution in [2.24, 2.45) is 0 Å². The summed E-state index contributed by atoms with van der Waals surface area (Å²) in [7, 11) is 1.67. The zero-order chi connectivity index (χ0) is 20.2. The van der Waals surface area contributed by atoms with Gasteiger partial charge in [-0.15, -0.1) is 0 Å². The monoisotopic (exact) mass is 395 g/mol. The van der Waals surface area contributed by atoms with E-state index in [0.29, 0.717) is 29.5 Å². The second-order valence-corrected chi connectivity index (χ2v) is 6.58. The van der Waals surface area contributed by atoms with Crippen LogP contribution < -0.4 is 20.1 Å². The summed E-state index contributed by atoms with van der Waals surface area (Å²) in [6, 6.07) is 12.8. The molecular formula is C21H21N3O5. The lowest BCUT2D eigenvalue weighted by Crippen LogP contribution is -2.25. The predicted molar refractivity (Wildman–Crippen MR) is 109 cm³/mol. The number of aromatic nitrogens is 1. The van der Waals surface area contributed by atoms with Crippen LogP contribution in [0.15, 0.2) is 48.7 Å². The molecule has 3 aromatic rings. The standard InChI is InChI=1S/C21H21N3O5/c1-27-10-9-24-8-7-15-17(24)3-2-4-18(15)28-12-20(25)22-14-5-6-16-19(11-14)29-13-21(26)23-16/h2-8,11H,9-10,12-13H2,1H3,(H,22,25)(H,23,26). The number of nitrogens with zero attached hydrogens (tertiary/aromatic N) is 1. The van der Waals surface area contributed by atoms with Crippen LogP contribution in [0.4, 0.5) is 11.4 Å². The van der Waals surface area contributed by atoms with E-state index in [1.807, 2.05) is 30.5 Å². The topological polar surface area (TPSA) is 90.8 Å². The highest BCUT2D eigenvalue weighted by Crippen LogP contribution is 2.30. The molecule has 0 saturated heterocycles. The lowest BCUT2D eigenvalue weighted by Gasteiger charge is -2.18. The van der Waals surface area contributed by atoms with Crippen molar-refractivity contribution in [1.29, 1.82) is 0 Å². The number of hydrogen-bond donors (Lipinski definition) is 2. The van der Waals surface area contributed by atoms with E-state index >= 15 is 0 Å². The first-order valence-corrected chi connectivity index (χ1v) is 9.20. The van der Waals surface area contributed by atoms with E-state index in [-0.39, 0.29) is 25.0 Å². The van der Waals surface area contributed by atoms with E-state index in [1.54, 1.807) is 25.3 Å². The number of anilines is 2. The molecule has 150 valence electrons. The van der Waals surface area contributed by atoms with Gasteiger partial charge in [0.15, 0.2) is 13.2 Å². The first-order valence-electron chi connectivity index (χ1n) is 9.20. The van der Waals surface area contributed by atoms with E-state index in [1.165, 1.54) is 0 Å². The third kappa shape index (κ3) is 4.17. The number of carbonyl (C=O) groups excluding carboxylic acids is 2. The second kappa shape index (κ2) is 8.24. The second-order valence-electron chi connectivity index (χ2n) is 6.58. The molecule has 0 radical (unpaired) electrons. The Bertz CT molecular complexity index is 1060. The largest absolute Gasteiger partial charge is 0.483 e. The Hall–Kier alpha value is -3.52. The fourth-order valence-corrected chi connectivity index (χ4v) is 3.20. The molecule has 0 fully saturated rings. The predicted octanol–water partition coefficient (Wildman–Crippen LogP) is 2.64. The Morgan fingerprint density at radius 3 is 3.03 bits per heavy atom. The zero-order valence-corrected chi connectivity index (χ0v) is 15.9. The highest BCUT2D eigenvalue weighted by Gasteiger charge is 2.16. The summed E-state index contributed by atoms with van der Waals surface area (Å²) in [6.07, 6.45) is 1.97. The van der Waals surface area contributed by atoms with Crippen molar-refractivity contribution in [3.8, 4) is 11.5 Å². The van der Waals surface area contributed by atoms with E-state index in [9.17, 15) is 9.59 Å². The van der Waals surface area contributed by atoms with Gasteiger partial charge in [-0.3, -0.25) is 9.59 Å². The van der Waals surface area contributed by atoms with Crippen LogP contribution in [0.5, 0.6) is 11.5 Å². The number of fused-ring (bicyclic) bond motifs is 2. The van der Waals surface area contributed by atoms with Crippen molar-refractivity contribution < 1.29 is 23.8 Å². The van der Waals surface area contributed by atoms with Crippen LogP contribution in [0.3, 0.4) is 0 Å². The number of carbonyl (C=O) groups is 2. The van der Waals surface area contributed by atoms with Gasteiger partial charge in [0.2, 0.25) is 0 Å². The van der Waals surface area contributed by atoms with Crippen molar-refractivity contribution in [3.63, 3.8) is 0 Å². The summed E-state index contributed by atoms with van der Waals surface area (Å²) in [5.74, 6) is 0.671. The number of ether oxygens (including phenoxy) is 3. The minimum absolute atomic E-state index is 0.0401. The summed E-state index contributed by atoms with van der Waals surface area (Å²) in [5.41, 5.74) is 2.17. The average Bonchev–Trinajstić information content (AvgIpc) is 3.14. The van der Waals surface area contributed by atoms with Gasteiger partial charge in [-0.05, 0) is 30.3 Å². The van der Waals surface area contributed by atoms with E-state index in [2.05, 4.69) is 15.2 Å². The molecule has 0 unspecified atom stereocenters. The van der Waals surface area contributed by atoms with Crippen molar-refractivity contribution in [2.75, 3.05) is 37.6 Å². The molecule has 0 atom stereocenters. The molecule has 8 nitrogen and oxygen atoms in total. The van der Waals surface area contributed by atoms with Gasteiger partial charge < -0.3 is 29.4 Å². The smallest absolute Gasteiger partial charge is 0.262 e. The van der Waals surface area contributed by atoms with Gasteiger partial charge in [0, 0.05) is 37.0 Å². The normalized spacial score (nSPS) is 12.8. The Morgan fingerprint density at radius 1 is 1.28 bits per heavy atom. The summed E-state index contributed by atoms with van der Waals surface area (Å²) in [5, 5.41) is 6.42. The van der Waals surface area contributed by atoms with Gasteiger partial charge in [-0.2, -0.15) is 0 Å². The van der Waals surface area contributed by atoms with Crippen LogP contribution in [0.1, 0.15) is 0 Å². The molecule has 1 aliphatic rings. The highest BCUT2D eigenvalue weighted by molar-refractivity contribution is 5.97. The van der Waals surface area contributed by atoms with Crippen LogP contribution in [0.2, 0.25) is 0 Å². The molecule has 0 saturated carbocycles. The van der Waals surface area contributed by atoms with Gasteiger partial charge in [0.25, 0.3) is 11.8 Å². The van der Waals surface area contributed by atoms with Crippen LogP contribution >= 0.6 is 0 Å². The quantitative estimate of drug-likeness (QED) is 0.642. The fourth-order valence-electron chi connectivity index (χ4n) is 3.20. The van der Waals surface area contributed by atoms with Crippen molar-refractivity contribution >= 4 is 34.1 Å². The van der Waals surface area contributed by atoms with Crippen molar-refractivity contribution in [1.82, 2.24) is 4.57 Å². The number of rotatable bonds is 7. The minimum Gasteiger partial charge on any atom is -0.483 e. The molecule has 8 heteroatoms. The summed E-state index contributed by atoms with van der Waals surface area (Å²) >= 11 is 0. The van der Waals surface area contributed by atoms with Crippen LogP contribution in [0, 0.1) is 0 Å². The lowest BCUT2D eigenvalue weighted by atomic mass is 10.2. The first kappa shape index (κ1) is 18.8. The molecule has 0 spiro atoms. The average molecular weight is 395 g/mol. The number of benzene rings is 2. The summed E-state index contributed by atoms with van der Waals surface area (Å²) < 4.78 is 18.3.